The summed E-state index contributed by atoms with van der Waals surface area (Å²) in [5, 5.41) is 13.8. The van der Waals surface area contributed by atoms with Crippen molar-refractivity contribution in [3.05, 3.63) is 41.3 Å². The zero-order chi connectivity index (χ0) is 19.7. The summed E-state index contributed by atoms with van der Waals surface area (Å²) in [6, 6.07) is 5.50. The predicted molar refractivity (Wildman–Crippen MR) is 104 cm³/mol. The number of nitrogens with one attached hydrogen (secondary N) is 3. The Labute approximate surface area is 154 Å². The van der Waals surface area contributed by atoms with E-state index >= 15 is 0 Å². The normalized spacial score (nSPS) is 9.65. The van der Waals surface area contributed by atoms with Crippen LogP contribution in [0.2, 0.25) is 0 Å². The van der Waals surface area contributed by atoms with E-state index in [1.54, 1.807) is 34.3 Å². The van der Waals surface area contributed by atoms with E-state index in [0.717, 1.165) is 11.8 Å². The molecule has 26 heavy (non-hydrogen) atoms. The van der Waals surface area contributed by atoms with Crippen molar-refractivity contribution in [2.75, 3.05) is 31.9 Å². The maximum atomic E-state index is 13.9. The van der Waals surface area contributed by atoms with Gasteiger partial charge in [-0.05, 0) is 19.1 Å². The predicted octanol–water partition coefficient (Wildman–Crippen LogP) is 4.31. The number of ether oxygens (including phenoxy) is 2. The Morgan fingerprint density at radius 1 is 1.23 bits per heavy atom. The van der Waals surface area contributed by atoms with Gasteiger partial charge in [-0.1, -0.05) is 13.8 Å². The molecule has 0 fully saturated rings. The number of rotatable bonds is 7. The molecule has 0 aliphatic carbocycles. The number of aromatic nitrogens is 1. The van der Waals surface area contributed by atoms with Crippen molar-refractivity contribution in [1.82, 2.24) is 4.98 Å². The summed E-state index contributed by atoms with van der Waals surface area (Å²) in [5.41, 5.74) is 1.77. The van der Waals surface area contributed by atoms with Crippen molar-refractivity contribution in [3.8, 4) is 11.5 Å². The molecule has 0 radical (unpaired) electrons. The second-order valence-electron chi connectivity index (χ2n) is 5.11. The Balaban J connectivity index is 0.00000163. The second kappa shape index (κ2) is 10.2. The molecule has 0 saturated heterocycles. The molecule has 0 unspecified atom stereocenters. The molecule has 1 aromatic heterocycles. The lowest BCUT2D eigenvalue weighted by molar-refractivity contribution is 0.391. The summed E-state index contributed by atoms with van der Waals surface area (Å²) in [7, 11) is 4.79. The number of pyridine rings is 1. The van der Waals surface area contributed by atoms with Crippen molar-refractivity contribution in [2.24, 2.45) is 0 Å². The van der Waals surface area contributed by atoms with Gasteiger partial charge in [0, 0.05) is 30.9 Å². The van der Waals surface area contributed by atoms with E-state index in [1.165, 1.54) is 0 Å². The largest absolute Gasteiger partial charge is 0.497 e. The van der Waals surface area contributed by atoms with E-state index < -0.39 is 5.82 Å². The highest BCUT2D eigenvalue weighted by atomic mass is 19.1. The molecule has 0 atom stereocenters. The molecule has 6 nitrogen and oxygen atoms in total. The Morgan fingerprint density at radius 3 is 2.46 bits per heavy atom. The fraction of sp³-hybridized carbons (Fsp3) is 0.368. The van der Waals surface area contributed by atoms with E-state index in [-0.39, 0.29) is 11.4 Å². The first-order chi connectivity index (χ1) is 12.5. The van der Waals surface area contributed by atoms with Crippen molar-refractivity contribution < 1.29 is 13.9 Å². The monoisotopic (exact) mass is 362 g/mol. The molecule has 0 aliphatic rings. The van der Waals surface area contributed by atoms with Crippen LogP contribution < -0.4 is 20.1 Å². The summed E-state index contributed by atoms with van der Waals surface area (Å²) in [4.78, 5) is 4.08. The highest BCUT2D eigenvalue weighted by molar-refractivity contribution is 6.05. The summed E-state index contributed by atoms with van der Waals surface area (Å²) < 4.78 is 24.4. The minimum Gasteiger partial charge on any atom is -0.497 e. The fourth-order valence-electron chi connectivity index (χ4n) is 2.41. The lowest BCUT2D eigenvalue weighted by Gasteiger charge is -2.16. The van der Waals surface area contributed by atoms with Crippen LogP contribution in [-0.2, 0) is 6.54 Å². The molecule has 1 aromatic carbocycles. The van der Waals surface area contributed by atoms with Crippen LogP contribution in [0.3, 0.4) is 0 Å². The van der Waals surface area contributed by atoms with Gasteiger partial charge in [0.2, 0.25) is 0 Å². The maximum absolute atomic E-state index is 13.9. The van der Waals surface area contributed by atoms with Gasteiger partial charge in [0.15, 0.2) is 5.82 Å². The molecule has 0 bridgehead atoms. The SMILES string of the molecule is CC.CNc1c(F)cnc(NCc2ccc(OC)cc2OC)c1C(C)=N. The third-order valence-corrected chi connectivity index (χ3v) is 3.60. The molecule has 7 heteroatoms. The lowest BCUT2D eigenvalue weighted by Crippen LogP contribution is -2.12. The first kappa shape index (κ1) is 21.2. The number of nitrogens with zero attached hydrogens (tertiary/aromatic N) is 1. The van der Waals surface area contributed by atoms with Crippen molar-refractivity contribution in [1.29, 1.82) is 5.41 Å². The van der Waals surface area contributed by atoms with E-state index in [0.29, 0.717) is 29.4 Å². The quantitative estimate of drug-likeness (QED) is 0.640. The number of methoxy groups -OCH3 is 2. The Kier molecular flexibility index (Phi) is 8.34. The van der Waals surface area contributed by atoms with E-state index in [2.05, 4.69) is 15.6 Å². The molecule has 2 rings (SSSR count). The van der Waals surface area contributed by atoms with Crippen molar-refractivity contribution in [2.45, 2.75) is 27.3 Å². The Bertz CT molecular complexity index is 751. The first-order valence-electron chi connectivity index (χ1n) is 8.38. The highest BCUT2D eigenvalue weighted by Crippen LogP contribution is 2.28. The summed E-state index contributed by atoms with van der Waals surface area (Å²) in [5.74, 6) is 1.31. The van der Waals surface area contributed by atoms with E-state index in [1.807, 2.05) is 26.0 Å². The molecule has 0 aliphatic heterocycles. The van der Waals surface area contributed by atoms with Crippen molar-refractivity contribution >= 4 is 17.2 Å². The molecular formula is C19H27FN4O2. The zero-order valence-electron chi connectivity index (χ0n) is 16.2. The number of anilines is 2. The standard InChI is InChI=1S/C17H21FN4O2.C2H6/c1-10(19)15-16(20-2)13(18)9-22-17(15)21-8-11-5-6-12(23-3)7-14(11)24-4;1-2/h5-7,9,19H,8H2,1-4H3,(H2,20,21,22);1-2H3. The van der Waals surface area contributed by atoms with E-state index in [9.17, 15) is 4.39 Å². The number of halogens is 1. The minimum absolute atomic E-state index is 0.218. The molecule has 1 heterocycles. The fourth-order valence-corrected chi connectivity index (χ4v) is 2.41. The van der Waals surface area contributed by atoms with Crippen LogP contribution >= 0.6 is 0 Å². The van der Waals surface area contributed by atoms with Crippen LogP contribution in [0.15, 0.2) is 24.4 Å². The first-order valence-corrected chi connectivity index (χ1v) is 8.38. The number of hydrogen-bond donors (Lipinski definition) is 3. The number of hydrogen-bond acceptors (Lipinski definition) is 6. The molecule has 0 spiro atoms. The topological polar surface area (TPSA) is 79.3 Å². The van der Waals surface area contributed by atoms with Gasteiger partial charge < -0.3 is 25.5 Å². The molecule has 142 valence electrons. The number of benzene rings is 1. The van der Waals surface area contributed by atoms with Gasteiger partial charge in [-0.25, -0.2) is 9.37 Å². The summed E-state index contributed by atoms with van der Waals surface area (Å²) >= 11 is 0. The third-order valence-electron chi connectivity index (χ3n) is 3.60. The van der Waals surface area contributed by atoms with Gasteiger partial charge in [0.25, 0.3) is 0 Å². The van der Waals surface area contributed by atoms with Crippen LogP contribution in [-0.4, -0.2) is 32.0 Å². The van der Waals surface area contributed by atoms with Crippen LogP contribution in [0.4, 0.5) is 15.9 Å². The molecule has 0 amide bonds. The van der Waals surface area contributed by atoms with Crippen LogP contribution in [0.5, 0.6) is 11.5 Å². The van der Waals surface area contributed by atoms with Crippen LogP contribution in [0.1, 0.15) is 31.9 Å². The van der Waals surface area contributed by atoms with Gasteiger partial charge >= 0.3 is 0 Å². The van der Waals surface area contributed by atoms with Gasteiger partial charge in [-0.3, -0.25) is 0 Å². The van der Waals surface area contributed by atoms with Gasteiger partial charge in [0.1, 0.15) is 17.3 Å². The maximum Gasteiger partial charge on any atom is 0.165 e. The average molecular weight is 362 g/mol. The van der Waals surface area contributed by atoms with Gasteiger partial charge in [0.05, 0.1) is 31.7 Å². The van der Waals surface area contributed by atoms with E-state index in [4.69, 9.17) is 14.9 Å². The Morgan fingerprint density at radius 2 is 1.92 bits per heavy atom. The molecule has 3 N–H and O–H groups in total. The highest BCUT2D eigenvalue weighted by Gasteiger charge is 2.16. The van der Waals surface area contributed by atoms with Crippen LogP contribution in [0.25, 0.3) is 0 Å². The van der Waals surface area contributed by atoms with Gasteiger partial charge in [-0.2, -0.15) is 0 Å². The van der Waals surface area contributed by atoms with Crippen molar-refractivity contribution in [3.63, 3.8) is 0 Å². The Hall–Kier alpha value is -2.83. The molecular weight excluding hydrogens is 335 g/mol. The summed E-state index contributed by atoms with van der Waals surface area (Å²) in [6.07, 6.45) is 1.13. The zero-order valence-corrected chi connectivity index (χ0v) is 16.2. The summed E-state index contributed by atoms with van der Waals surface area (Å²) in [6.45, 7) is 6.01. The second-order valence-corrected chi connectivity index (χ2v) is 5.11. The lowest BCUT2D eigenvalue weighted by atomic mass is 10.1. The van der Waals surface area contributed by atoms with Crippen LogP contribution in [0, 0.1) is 11.2 Å². The minimum atomic E-state index is -0.494. The molecule has 0 saturated carbocycles. The molecule has 2 aromatic rings. The smallest absolute Gasteiger partial charge is 0.165 e. The van der Waals surface area contributed by atoms with Gasteiger partial charge in [-0.15, -0.1) is 0 Å². The average Bonchev–Trinajstić information content (AvgIpc) is 2.67. The third kappa shape index (κ3) is 4.84.